The Morgan fingerprint density at radius 1 is 1.15 bits per heavy atom. The van der Waals surface area contributed by atoms with Crippen LogP contribution < -0.4 is 0 Å². The average Bonchev–Trinajstić information content (AvgIpc) is 3.08. The number of fused-ring (bicyclic) bond motifs is 5. The van der Waals surface area contributed by atoms with Crippen molar-refractivity contribution in [2.24, 2.45) is 46.3 Å². The summed E-state index contributed by atoms with van der Waals surface area (Å²) in [5.74, 6) is 1.80. The molecule has 0 saturated heterocycles. The van der Waals surface area contributed by atoms with Crippen molar-refractivity contribution >= 4 is 17.5 Å². The van der Waals surface area contributed by atoms with Crippen LogP contribution >= 0.6 is 0 Å². The van der Waals surface area contributed by atoms with Crippen molar-refractivity contribution in [1.29, 1.82) is 0 Å². The lowest BCUT2D eigenvalue weighted by molar-refractivity contribution is -0.152. The zero-order chi connectivity index (χ0) is 24.8. The van der Waals surface area contributed by atoms with Crippen LogP contribution in [-0.2, 0) is 19.1 Å². The summed E-state index contributed by atoms with van der Waals surface area (Å²) in [6, 6.07) is 0. The van der Waals surface area contributed by atoms with Gasteiger partial charge in [-0.3, -0.25) is 14.4 Å². The van der Waals surface area contributed by atoms with E-state index < -0.39 is 0 Å². The first-order valence-electron chi connectivity index (χ1n) is 13.6. The lowest BCUT2D eigenvalue weighted by Gasteiger charge is -2.58. The largest absolute Gasteiger partial charge is 0.462 e. The van der Waals surface area contributed by atoms with E-state index in [-0.39, 0.29) is 58.8 Å². The SMILES string of the molecule is CC(=O)O[C@@H]1C[C@H]2[C@@H]3CCC4=CC(=O)CC[C@]4(C)[C@H]3CC[C@]2(C)[C@H]1[C@H](C)C(=O)CC[C@H](C)CO. The van der Waals surface area contributed by atoms with Crippen LogP contribution in [-0.4, -0.2) is 35.4 Å². The van der Waals surface area contributed by atoms with E-state index in [9.17, 15) is 19.5 Å². The first-order chi connectivity index (χ1) is 16.0. The number of aliphatic hydroxyl groups excluding tert-OH is 1. The smallest absolute Gasteiger partial charge is 0.302 e. The van der Waals surface area contributed by atoms with Crippen molar-refractivity contribution in [2.45, 2.75) is 98.5 Å². The van der Waals surface area contributed by atoms with Crippen LogP contribution in [0.25, 0.3) is 0 Å². The maximum absolute atomic E-state index is 13.3. The fourth-order valence-corrected chi connectivity index (χ4v) is 8.72. The Bertz CT molecular complexity index is 861. The van der Waals surface area contributed by atoms with Gasteiger partial charge in [0.2, 0.25) is 0 Å². The topological polar surface area (TPSA) is 80.7 Å². The van der Waals surface area contributed by atoms with E-state index >= 15 is 0 Å². The van der Waals surface area contributed by atoms with Crippen LogP contribution in [0.2, 0.25) is 0 Å². The van der Waals surface area contributed by atoms with Crippen molar-refractivity contribution in [1.82, 2.24) is 0 Å². The molecule has 0 spiro atoms. The van der Waals surface area contributed by atoms with Gasteiger partial charge in [-0.05, 0) is 85.5 Å². The standard InChI is InChI=1S/C29H44O5/c1-17(16-30)6-9-25(33)18(2)27-26(34-19(3)31)15-24-22-8-7-20-14-21(32)10-12-28(20,4)23(22)11-13-29(24,27)5/h14,17-18,22-24,26-27,30H,6-13,15-16H2,1-5H3/t17-,18+,22+,23-,24-,26+,27-,28-,29-/m0/s1. The molecule has 4 aliphatic rings. The summed E-state index contributed by atoms with van der Waals surface area (Å²) in [5, 5.41) is 9.37. The predicted molar refractivity (Wildman–Crippen MR) is 131 cm³/mol. The second-order valence-electron chi connectivity index (χ2n) is 12.5. The van der Waals surface area contributed by atoms with Gasteiger partial charge in [0, 0.05) is 38.2 Å². The van der Waals surface area contributed by atoms with Gasteiger partial charge in [0.1, 0.15) is 11.9 Å². The molecule has 5 nitrogen and oxygen atoms in total. The second-order valence-corrected chi connectivity index (χ2v) is 12.5. The highest BCUT2D eigenvalue weighted by Gasteiger charge is 2.63. The average molecular weight is 473 g/mol. The molecule has 0 heterocycles. The summed E-state index contributed by atoms with van der Waals surface area (Å²) in [7, 11) is 0. The third-order valence-electron chi connectivity index (χ3n) is 10.6. The number of hydrogen-bond acceptors (Lipinski definition) is 5. The molecule has 9 atom stereocenters. The zero-order valence-electron chi connectivity index (χ0n) is 21.8. The molecule has 4 rings (SSSR count). The summed E-state index contributed by atoms with van der Waals surface area (Å²) in [4.78, 5) is 37.5. The molecule has 5 heteroatoms. The Balaban J connectivity index is 1.61. The summed E-state index contributed by atoms with van der Waals surface area (Å²) in [6.07, 6.45) is 9.61. The molecular weight excluding hydrogens is 428 g/mol. The molecule has 0 aliphatic heterocycles. The minimum absolute atomic E-state index is 0.0268. The van der Waals surface area contributed by atoms with Gasteiger partial charge in [0.15, 0.2) is 5.78 Å². The lowest BCUT2D eigenvalue weighted by Crippen LogP contribution is -2.51. The highest BCUT2D eigenvalue weighted by Crippen LogP contribution is 2.68. The van der Waals surface area contributed by atoms with Crippen molar-refractivity contribution in [3.8, 4) is 0 Å². The third kappa shape index (κ3) is 4.31. The number of carbonyl (C=O) groups excluding carboxylic acids is 3. The summed E-state index contributed by atoms with van der Waals surface area (Å²) < 4.78 is 5.94. The Morgan fingerprint density at radius 2 is 1.88 bits per heavy atom. The number of ether oxygens (including phenoxy) is 1. The maximum Gasteiger partial charge on any atom is 0.302 e. The van der Waals surface area contributed by atoms with Crippen LogP contribution in [0, 0.1) is 46.3 Å². The fourth-order valence-electron chi connectivity index (χ4n) is 8.72. The van der Waals surface area contributed by atoms with Crippen LogP contribution in [0.5, 0.6) is 0 Å². The fraction of sp³-hybridized carbons (Fsp3) is 0.828. The molecule has 0 aromatic carbocycles. The van der Waals surface area contributed by atoms with Gasteiger partial charge in [-0.2, -0.15) is 0 Å². The molecule has 0 aromatic heterocycles. The second kappa shape index (κ2) is 9.52. The van der Waals surface area contributed by atoms with Crippen LogP contribution in [0.1, 0.15) is 92.4 Å². The van der Waals surface area contributed by atoms with Gasteiger partial charge in [0.05, 0.1) is 0 Å². The van der Waals surface area contributed by atoms with E-state index in [2.05, 4.69) is 13.8 Å². The first-order valence-corrected chi connectivity index (χ1v) is 13.6. The van der Waals surface area contributed by atoms with Gasteiger partial charge in [-0.15, -0.1) is 0 Å². The normalized spacial score (nSPS) is 40.9. The van der Waals surface area contributed by atoms with Crippen molar-refractivity contribution in [2.75, 3.05) is 6.61 Å². The number of carbonyl (C=O) groups is 3. The van der Waals surface area contributed by atoms with Crippen LogP contribution in [0.15, 0.2) is 11.6 Å². The van der Waals surface area contributed by atoms with E-state index in [0.717, 1.165) is 38.5 Å². The molecular formula is C29H44O5. The molecule has 190 valence electrons. The van der Waals surface area contributed by atoms with E-state index in [1.165, 1.54) is 12.5 Å². The summed E-state index contributed by atoms with van der Waals surface area (Å²) >= 11 is 0. The number of aliphatic hydroxyl groups is 1. The number of ketones is 2. The Morgan fingerprint density at radius 3 is 2.56 bits per heavy atom. The number of Topliss-reactive ketones (excluding diaryl/α,β-unsaturated/α-hetero) is 1. The zero-order valence-corrected chi connectivity index (χ0v) is 21.8. The highest BCUT2D eigenvalue weighted by atomic mass is 16.5. The molecule has 0 unspecified atom stereocenters. The Hall–Kier alpha value is -1.49. The molecule has 0 radical (unpaired) electrons. The Kier molecular flexibility index (Phi) is 7.17. The first kappa shape index (κ1) is 25.6. The van der Waals surface area contributed by atoms with Gasteiger partial charge in [0.25, 0.3) is 0 Å². The van der Waals surface area contributed by atoms with Crippen molar-refractivity contribution in [3.05, 3.63) is 11.6 Å². The van der Waals surface area contributed by atoms with E-state index in [4.69, 9.17) is 4.74 Å². The molecule has 0 bridgehead atoms. The molecule has 1 N–H and O–H groups in total. The molecule has 0 amide bonds. The molecule has 3 saturated carbocycles. The number of hydrogen-bond donors (Lipinski definition) is 1. The monoisotopic (exact) mass is 472 g/mol. The van der Waals surface area contributed by atoms with Gasteiger partial charge >= 0.3 is 5.97 Å². The molecule has 0 aromatic rings. The minimum atomic E-state index is -0.256. The lowest BCUT2D eigenvalue weighted by atomic mass is 9.46. The summed E-state index contributed by atoms with van der Waals surface area (Å²) in [6.45, 7) is 10.3. The molecule has 3 fully saturated rings. The minimum Gasteiger partial charge on any atom is -0.462 e. The Labute approximate surface area is 205 Å². The molecule has 34 heavy (non-hydrogen) atoms. The van der Waals surface area contributed by atoms with Crippen molar-refractivity contribution < 1.29 is 24.2 Å². The number of allylic oxidation sites excluding steroid dienone is 1. The molecule has 4 aliphatic carbocycles. The van der Waals surface area contributed by atoms with E-state index in [1.54, 1.807) is 0 Å². The predicted octanol–water partition coefficient (Wildman–Crippen LogP) is 5.29. The summed E-state index contributed by atoms with van der Waals surface area (Å²) in [5.41, 5.74) is 1.44. The van der Waals surface area contributed by atoms with Gasteiger partial charge < -0.3 is 9.84 Å². The van der Waals surface area contributed by atoms with Crippen molar-refractivity contribution in [3.63, 3.8) is 0 Å². The third-order valence-corrected chi connectivity index (χ3v) is 10.6. The van der Waals surface area contributed by atoms with E-state index in [1.807, 2.05) is 19.9 Å². The quantitative estimate of drug-likeness (QED) is 0.509. The van der Waals surface area contributed by atoms with Gasteiger partial charge in [-0.1, -0.05) is 33.3 Å². The number of esters is 1. The number of rotatable bonds is 7. The van der Waals surface area contributed by atoms with Crippen LogP contribution in [0.3, 0.4) is 0 Å². The van der Waals surface area contributed by atoms with Crippen LogP contribution in [0.4, 0.5) is 0 Å². The highest BCUT2D eigenvalue weighted by molar-refractivity contribution is 5.91. The maximum atomic E-state index is 13.3. The van der Waals surface area contributed by atoms with E-state index in [0.29, 0.717) is 37.0 Å². The van der Waals surface area contributed by atoms with Gasteiger partial charge in [-0.25, -0.2) is 0 Å².